The van der Waals surface area contributed by atoms with E-state index in [2.05, 4.69) is 15.3 Å². The number of aliphatic hydroxyl groups is 1. The number of benzene rings is 1. The Kier molecular flexibility index (Phi) is 6.61. The van der Waals surface area contributed by atoms with Crippen molar-refractivity contribution in [2.45, 2.75) is 44.2 Å². The van der Waals surface area contributed by atoms with Crippen molar-refractivity contribution in [1.29, 1.82) is 0 Å². The topological polar surface area (TPSA) is 117 Å². The summed E-state index contributed by atoms with van der Waals surface area (Å²) in [5.41, 5.74) is 1.87. The Hall–Kier alpha value is -3.21. The van der Waals surface area contributed by atoms with Gasteiger partial charge in [-0.1, -0.05) is 0 Å². The monoisotopic (exact) mass is 468 g/mol. The highest BCUT2D eigenvalue weighted by atomic mass is 16.6. The maximum Gasteiger partial charge on any atom is 0.269 e. The lowest BCUT2D eigenvalue weighted by Gasteiger charge is -2.32. The molecule has 0 bridgehead atoms. The van der Waals surface area contributed by atoms with Crippen molar-refractivity contribution in [2.75, 3.05) is 26.9 Å². The van der Waals surface area contributed by atoms with Crippen molar-refractivity contribution in [3.63, 3.8) is 0 Å². The van der Waals surface area contributed by atoms with E-state index in [0.29, 0.717) is 55.3 Å². The molecule has 4 heterocycles. The summed E-state index contributed by atoms with van der Waals surface area (Å²) in [6.45, 7) is 2.25. The summed E-state index contributed by atoms with van der Waals surface area (Å²) >= 11 is 0. The van der Waals surface area contributed by atoms with Crippen LogP contribution in [0, 0.1) is 0 Å². The van der Waals surface area contributed by atoms with E-state index >= 15 is 0 Å². The zero-order valence-electron chi connectivity index (χ0n) is 19.0. The second kappa shape index (κ2) is 9.96. The fourth-order valence-electron chi connectivity index (χ4n) is 4.33. The number of pyridine rings is 1. The lowest BCUT2D eigenvalue weighted by atomic mass is 10.0. The minimum absolute atomic E-state index is 0.120. The van der Waals surface area contributed by atoms with Crippen molar-refractivity contribution in [3.8, 4) is 17.2 Å². The second-order valence-electron chi connectivity index (χ2n) is 8.48. The maximum absolute atomic E-state index is 12.5. The maximum atomic E-state index is 12.5. The number of hydrogen-bond acceptors (Lipinski definition) is 9. The molecule has 0 saturated carbocycles. The minimum Gasteiger partial charge on any atom is -0.497 e. The van der Waals surface area contributed by atoms with Crippen LogP contribution in [0.1, 0.15) is 18.5 Å². The van der Waals surface area contributed by atoms with Crippen LogP contribution in [0.25, 0.3) is 11.0 Å². The van der Waals surface area contributed by atoms with Crippen LogP contribution in [0.2, 0.25) is 0 Å². The number of aliphatic hydroxyl groups excluding tert-OH is 1. The standard InChI is InChI=1S/C24H28N4O6/c1-31-17-3-4-18-19(9-17)28(24(30)12-27-18)13-20(29)21-5-2-15(14-34-21)25-10-16-8-22-23(11-26-16)33-7-6-32-22/h3-4,8-9,11-12,15,20-21,25,29H,2,5-7,10,13-14H2,1H3/t15-,20+,21+/m1/s1. The summed E-state index contributed by atoms with van der Waals surface area (Å²) in [6.07, 6.45) is 3.30. The molecule has 10 nitrogen and oxygen atoms in total. The first kappa shape index (κ1) is 22.6. The van der Waals surface area contributed by atoms with Gasteiger partial charge in [0.2, 0.25) is 0 Å². The van der Waals surface area contributed by atoms with Crippen LogP contribution >= 0.6 is 0 Å². The predicted molar refractivity (Wildman–Crippen MR) is 123 cm³/mol. The van der Waals surface area contributed by atoms with Gasteiger partial charge in [-0.15, -0.1) is 0 Å². The Morgan fingerprint density at radius 1 is 1.18 bits per heavy atom. The number of rotatable bonds is 7. The van der Waals surface area contributed by atoms with E-state index in [0.717, 1.165) is 17.9 Å². The molecule has 180 valence electrons. The first-order valence-electron chi connectivity index (χ1n) is 11.4. The largest absolute Gasteiger partial charge is 0.497 e. The highest BCUT2D eigenvalue weighted by Gasteiger charge is 2.28. The molecule has 1 fully saturated rings. The van der Waals surface area contributed by atoms with Gasteiger partial charge in [-0.25, -0.2) is 4.98 Å². The Balaban J connectivity index is 1.17. The molecule has 1 saturated heterocycles. The second-order valence-corrected chi connectivity index (χ2v) is 8.48. The van der Waals surface area contributed by atoms with E-state index in [4.69, 9.17) is 18.9 Å². The van der Waals surface area contributed by atoms with Gasteiger partial charge in [0.05, 0.1) is 61.6 Å². The molecule has 0 amide bonds. The normalized spacial score (nSPS) is 20.8. The number of aromatic nitrogens is 3. The van der Waals surface area contributed by atoms with Gasteiger partial charge < -0.3 is 33.9 Å². The molecule has 0 radical (unpaired) electrons. The first-order valence-corrected chi connectivity index (χ1v) is 11.4. The third kappa shape index (κ3) is 4.84. The highest BCUT2D eigenvalue weighted by molar-refractivity contribution is 5.76. The fourth-order valence-corrected chi connectivity index (χ4v) is 4.33. The summed E-state index contributed by atoms with van der Waals surface area (Å²) in [5.74, 6) is 2.02. The number of hydrogen-bond donors (Lipinski definition) is 2. The SMILES string of the molecule is COc1ccc2ncc(=O)n(C[C@H](O)[C@@H]3CC[C@@H](NCc4cc5c(cn4)OCCO5)CO3)c2c1. The van der Waals surface area contributed by atoms with Gasteiger partial charge in [0.15, 0.2) is 11.5 Å². The molecule has 0 aliphatic carbocycles. The number of nitrogens with one attached hydrogen (secondary N) is 1. The van der Waals surface area contributed by atoms with Gasteiger partial charge in [-0.05, 0) is 25.0 Å². The van der Waals surface area contributed by atoms with Crippen molar-refractivity contribution < 1.29 is 24.1 Å². The summed E-state index contributed by atoms with van der Waals surface area (Å²) in [4.78, 5) is 21.1. The van der Waals surface area contributed by atoms with Gasteiger partial charge in [-0.2, -0.15) is 0 Å². The van der Waals surface area contributed by atoms with Gasteiger partial charge in [-0.3, -0.25) is 9.78 Å². The van der Waals surface area contributed by atoms with E-state index in [-0.39, 0.29) is 24.2 Å². The predicted octanol–water partition coefficient (Wildman–Crippen LogP) is 1.27. The van der Waals surface area contributed by atoms with Crippen molar-refractivity contribution >= 4 is 11.0 Å². The number of nitrogens with zero attached hydrogens (tertiary/aromatic N) is 3. The lowest BCUT2D eigenvalue weighted by Crippen LogP contribution is -2.45. The Labute approximate surface area is 196 Å². The minimum atomic E-state index is -0.824. The molecular formula is C24H28N4O6. The van der Waals surface area contributed by atoms with Gasteiger partial charge >= 0.3 is 0 Å². The Bertz CT molecular complexity index is 1210. The van der Waals surface area contributed by atoms with E-state index in [9.17, 15) is 9.90 Å². The molecule has 0 spiro atoms. The summed E-state index contributed by atoms with van der Waals surface area (Å²) in [5, 5.41) is 14.3. The Morgan fingerprint density at radius 3 is 2.82 bits per heavy atom. The van der Waals surface area contributed by atoms with Crippen LogP contribution in [0.3, 0.4) is 0 Å². The highest BCUT2D eigenvalue weighted by Crippen LogP contribution is 2.29. The molecule has 0 unspecified atom stereocenters. The zero-order valence-corrected chi connectivity index (χ0v) is 19.0. The number of methoxy groups -OCH3 is 1. The molecule has 2 aromatic heterocycles. The van der Waals surface area contributed by atoms with Crippen LogP contribution in [0.4, 0.5) is 0 Å². The summed E-state index contributed by atoms with van der Waals surface area (Å²) in [7, 11) is 1.57. The average Bonchev–Trinajstić information content (AvgIpc) is 2.89. The fraction of sp³-hybridized carbons (Fsp3) is 0.458. The zero-order chi connectivity index (χ0) is 23.5. The quantitative estimate of drug-likeness (QED) is 0.529. The van der Waals surface area contributed by atoms with Crippen LogP contribution in [0.5, 0.6) is 17.2 Å². The lowest BCUT2D eigenvalue weighted by molar-refractivity contribution is -0.0771. The van der Waals surface area contributed by atoms with Crippen molar-refractivity contribution in [2.24, 2.45) is 0 Å². The van der Waals surface area contributed by atoms with E-state index in [1.165, 1.54) is 10.8 Å². The smallest absolute Gasteiger partial charge is 0.269 e. The molecular weight excluding hydrogens is 440 g/mol. The van der Waals surface area contributed by atoms with Crippen LogP contribution in [0.15, 0.2) is 41.5 Å². The van der Waals surface area contributed by atoms with Crippen LogP contribution in [-0.4, -0.2) is 64.8 Å². The summed E-state index contributed by atoms with van der Waals surface area (Å²) in [6, 6.07) is 7.37. The summed E-state index contributed by atoms with van der Waals surface area (Å²) < 4.78 is 23.9. The van der Waals surface area contributed by atoms with Crippen molar-refractivity contribution in [1.82, 2.24) is 19.9 Å². The third-order valence-electron chi connectivity index (χ3n) is 6.22. The van der Waals surface area contributed by atoms with Crippen LogP contribution < -0.4 is 25.1 Å². The van der Waals surface area contributed by atoms with Gasteiger partial charge in [0.1, 0.15) is 19.0 Å². The molecule has 10 heteroatoms. The first-order chi connectivity index (χ1) is 16.6. The Morgan fingerprint density at radius 2 is 2.03 bits per heavy atom. The van der Waals surface area contributed by atoms with E-state index in [1.807, 2.05) is 6.07 Å². The van der Waals surface area contributed by atoms with Crippen LogP contribution in [-0.2, 0) is 17.8 Å². The van der Waals surface area contributed by atoms with E-state index in [1.54, 1.807) is 31.5 Å². The number of fused-ring (bicyclic) bond motifs is 2. The van der Waals surface area contributed by atoms with Gasteiger partial charge in [0, 0.05) is 24.7 Å². The number of ether oxygens (including phenoxy) is 4. The molecule has 2 aliphatic rings. The molecule has 3 atom stereocenters. The van der Waals surface area contributed by atoms with E-state index < -0.39 is 6.10 Å². The molecule has 3 aromatic rings. The molecule has 34 heavy (non-hydrogen) atoms. The molecule has 2 N–H and O–H groups in total. The van der Waals surface area contributed by atoms with Crippen molar-refractivity contribution in [3.05, 3.63) is 52.7 Å². The molecule has 1 aromatic carbocycles. The van der Waals surface area contributed by atoms with Gasteiger partial charge in [0.25, 0.3) is 5.56 Å². The third-order valence-corrected chi connectivity index (χ3v) is 6.22. The molecule has 5 rings (SSSR count). The molecule has 2 aliphatic heterocycles. The average molecular weight is 469 g/mol.